The third kappa shape index (κ3) is 12.5. The molecular formula is C42H46N2O6. The van der Waals surface area contributed by atoms with Gasteiger partial charge < -0.3 is 30.0 Å². The number of hydrogen-bond donors (Lipinski definition) is 3. The molecule has 4 aromatic rings. The molecule has 1 atom stereocenters. The number of ether oxygens (including phenoxy) is 3. The Kier molecular flexibility index (Phi) is 15.2. The van der Waals surface area contributed by atoms with E-state index in [1.807, 2.05) is 113 Å². The molecule has 1 unspecified atom stereocenters. The van der Waals surface area contributed by atoms with Gasteiger partial charge in [0.05, 0.1) is 14.2 Å². The molecule has 260 valence electrons. The van der Waals surface area contributed by atoms with E-state index >= 15 is 0 Å². The molecular weight excluding hydrogens is 628 g/mol. The lowest BCUT2D eigenvalue weighted by molar-refractivity contribution is -0.112. The number of carbonyl (C=O) groups excluding carboxylic acids is 2. The number of carbonyl (C=O) groups is 2. The van der Waals surface area contributed by atoms with E-state index in [9.17, 15) is 14.7 Å². The number of methoxy groups -OCH3 is 2. The number of nitrogens with one attached hydrogen (secondary N) is 2. The Balaban J connectivity index is 0.000000270. The minimum atomic E-state index is -0.217. The maximum absolute atomic E-state index is 12.1. The molecule has 0 aliphatic rings. The van der Waals surface area contributed by atoms with Crippen LogP contribution in [0.1, 0.15) is 41.7 Å². The fourth-order valence-electron chi connectivity index (χ4n) is 4.46. The maximum Gasteiger partial charge on any atom is 0.248 e. The van der Waals surface area contributed by atoms with Gasteiger partial charge in [0.15, 0.2) is 23.0 Å². The molecule has 50 heavy (non-hydrogen) atoms. The van der Waals surface area contributed by atoms with E-state index in [1.54, 1.807) is 31.4 Å². The van der Waals surface area contributed by atoms with Crippen LogP contribution in [0.25, 0.3) is 12.2 Å². The van der Waals surface area contributed by atoms with Crippen LogP contribution in [0, 0.1) is 13.8 Å². The topological polar surface area (TPSA) is 106 Å². The van der Waals surface area contributed by atoms with Crippen molar-refractivity contribution in [1.29, 1.82) is 0 Å². The molecule has 0 bridgehead atoms. The van der Waals surface area contributed by atoms with Crippen molar-refractivity contribution in [2.45, 2.75) is 40.2 Å². The zero-order valence-electron chi connectivity index (χ0n) is 29.5. The number of anilines is 2. The van der Waals surface area contributed by atoms with E-state index in [4.69, 9.17) is 14.2 Å². The van der Waals surface area contributed by atoms with Crippen molar-refractivity contribution in [3.63, 3.8) is 0 Å². The standard InChI is InChI=1S/2C21H23NO3/c1-5-16(3)25-19-12-8-17(14-20(19)24-4)9-13-21(23)22-18-10-6-15(2)7-11-18;1-4-5-6-17-13-16(14-19(25-3)21(17)24)9-12-20(23)22-18-10-7-15(2)8-11-18/h5-14,16H,1H2,2-4H3,(H,22,23);4-5,7-14,24H,6H2,1-3H3,(H,22,23)/b13-9+;5-4+,12-9+. The highest BCUT2D eigenvalue weighted by Crippen LogP contribution is 2.33. The fourth-order valence-corrected chi connectivity index (χ4v) is 4.46. The summed E-state index contributed by atoms with van der Waals surface area (Å²) in [7, 11) is 3.09. The van der Waals surface area contributed by atoms with Gasteiger partial charge in [0, 0.05) is 29.1 Å². The second-order valence-electron chi connectivity index (χ2n) is 11.4. The van der Waals surface area contributed by atoms with Crippen LogP contribution in [0.5, 0.6) is 23.0 Å². The maximum atomic E-state index is 12.1. The highest BCUT2D eigenvalue weighted by molar-refractivity contribution is 6.02. The summed E-state index contributed by atoms with van der Waals surface area (Å²) in [6.45, 7) is 11.5. The predicted molar refractivity (Wildman–Crippen MR) is 204 cm³/mol. The lowest BCUT2D eigenvalue weighted by Gasteiger charge is -2.14. The Bertz CT molecular complexity index is 1820. The number of hydrogen-bond acceptors (Lipinski definition) is 6. The summed E-state index contributed by atoms with van der Waals surface area (Å²) in [5.41, 5.74) is 6.17. The number of aromatic hydroxyl groups is 1. The van der Waals surface area contributed by atoms with Crippen molar-refractivity contribution in [3.8, 4) is 23.0 Å². The number of rotatable bonds is 13. The Morgan fingerprint density at radius 1 is 0.760 bits per heavy atom. The van der Waals surface area contributed by atoms with E-state index in [-0.39, 0.29) is 23.7 Å². The van der Waals surface area contributed by atoms with Gasteiger partial charge in [0.2, 0.25) is 11.8 Å². The van der Waals surface area contributed by atoms with Crippen LogP contribution in [0.4, 0.5) is 11.4 Å². The number of benzene rings is 4. The summed E-state index contributed by atoms with van der Waals surface area (Å²) in [4.78, 5) is 24.1. The Morgan fingerprint density at radius 2 is 1.28 bits per heavy atom. The average Bonchev–Trinajstić information content (AvgIpc) is 3.12. The van der Waals surface area contributed by atoms with Gasteiger partial charge >= 0.3 is 0 Å². The molecule has 2 amide bonds. The van der Waals surface area contributed by atoms with E-state index in [0.29, 0.717) is 23.7 Å². The van der Waals surface area contributed by atoms with Crippen LogP contribution in [0.3, 0.4) is 0 Å². The highest BCUT2D eigenvalue weighted by atomic mass is 16.5. The summed E-state index contributed by atoms with van der Waals surface area (Å²) < 4.78 is 16.3. The van der Waals surface area contributed by atoms with Crippen molar-refractivity contribution >= 4 is 35.3 Å². The van der Waals surface area contributed by atoms with Crippen LogP contribution in [-0.2, 0) is 16.0 Å². The molecule has 0 heterocycles. The quantitative estimate of drug-likeness (QED) is 0.0965. The molecule has 8 nitrogen and oxygen atoms in total. The monoisotopic (exact) mass is 674 g/mol. The van der Waals surface area contributed by atoms with Gasteiger partial charge in [-0.2, -0.15) is 0 Å². The molecule has 0 saturated carbocycles. The van der Waals surface area contributed by atoms with Crippen LogP contribution in [0.15, 0.2) is 116 Å². The molecule has 0 radical (unpaired) electrons. The van der Waals surface area contributed by atoms with Gasteiger partial charge in [-0.15, -0.1) is 0 Å². The largest absolute Gasteiger partial charge is 0.504 e. The summed E-state index contributed by atoms with van der Waals surface area (Å²) in [6, 6.07) is 24.3. The predicted octanol–water partition coefficient (Wildman–Crippen LogP) is 9.09. The normalized spacial score (nSPS) is 11.5. The van der Waals surface area contributed by atoms with Gasteiger partial charge in [0.25, 0.3) is 0 Å². The van der Waals surface area contributed by atoms with Crippen LogP contribution < -0.4 is 24.8 Å². The third-order valence-corrected chi connectivity index (χ3v) is 7.29. The zero-order valence-corrected chi connectivity index (χ0v) is 29.5. The smallest absolute Gasteiger partial charge is 0.248 e. The van der Waals surface area contributed by atoms with Crippen molar-refractivity contribution in [2.24, 2.45) is 0 Å². The summed E-state index contributed by atoms with van der Waals surface area (Å²) >= 11 is 0. The average molecular weight is 675 g/mol. The molecule has 0 fully saturated rings. The van der Waals surface area contributed by atoms with Crippen molar-refractivity contribution < 1.29 is 28.9 Å². The van der Waals surface area contributed by atoms with E-state index in [2.05, 4.69) is 17.2 Å². The molecule has 0 aliphatic carbocycles. The SMILES string of the molecule is C/C=C/Cc1cc(/C=C/C(=O)Nc2ccc(C)cc2)cc(OC)c1O.C=CC(C)Oc1ccc(/C=C/C(=O)Nc2ccc(C)cc2)cc1OC. The first-order valence-electron chi connectivity index (χ1n) is 16.1. The van der Waals surface area contributed by atoms with Gasteiger partial charge in [0.1, 0.15) is 6.10 Å². The zero-order chi connectivity index (χ0) is 36.5. The first kappa shape index (κ1) is 38.4. The van der Waals surface area contributed by atoms with Crippen LogP contribution in [0.2, 0.25) is 0 Å². The van der Waals surface area contributed by atoms with Crippen LogP contribution in [-0.4, -0.2) is 37.2 Å². The molecule has 0 aliphatic heterocycles. The van der Waals surface area contributed by atoms with Gasteiger partial charge in [-0.3, -0.25) is 9.59 Å². The van der Waals surface area contributed by atoms with Gasteiger partial charge in [-0.05, 0) is 106 Å². The molecule has 0 spiro atoms. The number of amides is 2. The first-order valence-corrected chi connectivity index (χ1v) is 16.1. The summed E-state index contributed by atoms with van der Waals surface area (Å²) in [5, 5.41) is 15.8. The van der Waals surface area contributed by atoms with Gasteiger partial charge in [-0.25, -0.2) is 0 Å². The second kappa shape index (κ2) is 19.7. The van der Waals surface area contributed by atoms with Crippen molar-refractivity contribution in [3.05, 3.63) is 144 Å². The minimum absolute atomic E-state index is 0.115. The molecule has 0 aromatic heterocycles. The van der Waals surface area contributed by atoms with E-state index in [0.717, 1.165) is 39.2 Å². The molecule has 4 aromatic carbocycles. The number of phenolic OH excluding ortho intramolecular Hbond substituents is 1. The fraction of sp³-hybridized carbons (Fsp3) is 0.190. The molecule has 3 N–H and O–H groups in total. The third-order valence-electron chi connectivity index (χ3n) is 7.29. The Hall–Kier alpha value is -6.02. The summed E-state index contributed by atoms with van der Waals surface area (Å²) in [6.07, 6.45) is 12.4. The molecule has 0 saturated heterocycles. The van der Waals surface area contributed by atoms with Crippen molar-refractivity contribution in [2.75, 3.05) is 24.9 Å². The number of aryl methyl sites for hydroxylation is 2. The Labute approximate surface area is 295 Å². The molecule has 8 heteroatoms. The van der Waals surface area contributed by atoms with Crippen LogP contribution >= 0.6 is 0 Å². The molecule has 4 rings (SSSR count). The van der Waals surface area contributed by atoms with Crippen molar-refractivity contribution in [1.82, 2.24) is 0 Å². The second-order valence-corrected chi connectivity index (χ2v) is 11.4. The summed E-state index contributed by atoms with van der Waals surface area (Å²) in [5.74, 6) is 1.35. The van der Waals surface area contributed by atoms with Gasteiger partial charge in [-0.1, -0.05) is 66.3 Å². The first-order chi connectivity index (χ1) is 24.0. The minimum Gasteiger partial charge on any atom is -0.504 e. The van der Waals surface area contributed by atoms with E-state index in [1.165, 1.54) is 19.3 Å². The highest BCUT2D eigenvalue weighted by Gasteiger charge is 2.10. The number of allylic oxidation sites excluding steroid dienone is 2. The van der Waals surface area contributed by atoms with E-state index < -0.39 is 0 Å². The number of phenols is 1. The lowest BCUT2D eigenvalue weighted by Crippen LogP contribution is -2.08. The Morgan fingerprint density at radius 3 is 1.78 bits per heavy atom. The lowest BCUT2D eigenvalue weighted by atomic mass is 10.0.